The monoisotopic (exact) mass is 457 g/mol. The Bertz CT molecular complexity index is 1330. The first-order valence-electron chi connectivity index (χ1n) is 11.9. The Morgan fingerprint density at radius 3 is 2.68 bits per heavy atom. The average Bonchev–Trinajstić information content (AvgIpc) is 3.28. The molecule has 1 fully saturated rings. The quantitative estimate of drug-likeness (QED) is 0.446. The van der Waals surface area contributed by atoms with Crippen molar-refractivity contribution in [3.05, 3.63) is 65.0 Å². The molecule has 0 amide bonds. The van der Waals surface area contributed by atoms with E-state index in [1.54, 1.807) is 0 Å². The van der Waals surface area contributed by atoms with Crippen LogP contribution in [0.3, 0.4) is 0 Å². The molecule has 0 radical (unpaired) electrons. The van der Waals surface area contributed by atoms with Gasteiger partial charge in [0.05, 0.1) is 23.7 Å². The molecule has 1 aliphatic rings. The number of fused-ring (bicyclic) bond motifs is 1. The molecule has 4 heterocycles. The van der Waals surface area contributed by atoms with Crippen LogP contribution in [0.15, 0.2) is 53.8 Å². The zero-order chi connectivity index (χ0) is 23.7. The third-order valence-electron chi connectivity index (χ3n) is 6.47. The number of H-pyrrole nitrogens is 1. The van der Waals surface area contributed by atoms with E-state index in [2.05, 4.69) is 70.4 Å². The van der Waals surface area contributed by atoms with Crippen molar-refractivity contribution in [2.75, 3.05) is 25.5 Å². The number of benzene rings is 1. The summed E-state index contributed by atoms with van der Waals surface area (Å²) in [4.78, 5) is 26.9. The largest absolute Gasteiger partial charge is 0.339 e. The zero-order valence-electron chi connectivity index (χ0n) is 20.0. The first-order chi connectivity index (χ1) is 16.5. The lowest BCUT2D eigenvalue weighted by Gasteiger charge is -2.29. The molecular weight excluding hydrogens is 426 g/mol. The van der Waals surface area contributed by atoms with E-state index in [1.165, 1.54) is 24.7 Å². The third kappa shape index (κ3) is 4.72. The fourth-order valence-corrected chi connectivity index (χ4v) is 4.62. The SMILES string of the molecule is CC(C)Cn1cc(-c2cc3nc[nH]c(=O)c3c(Nc3ccc(C4CCN(C)CC4)cc3)n2)cn1. The number of anilines is 2. The number of aromatic amines is 1. The van der Waals surface area contributed by atoms with Crippen molar-refractivity contribution in [1.82, 2.24) is 29.6 Å². The van der Waals surface area contributed by atoms with E-state index in [0.29, 0.717) is 28.6 Å². The number of piperidine rings is 1. The summed E-state index contributed by atoms with van der Waals surface area (Å²) in [6.07, 6.45) is 7.59. The van der Waals surface area contributed by atoms with E-state index in [0.717, 1.165) is 36.6 Å². The molecule has 0 unspecified atom stereocenters. The minimum Gasteiger partial charge on any atom is -0.339 e. The number of hydrogen-bond donors (Lipinski definition) is 2. The van der Waals surface area contributed by atoms with Gasteiger partial charge in [-0.3, -0.25) is 9.48 Å². The second-order valence-electron chi connectivity index (χ2n) is 9.65. The van der Waals surface area contributed by atoms with Crippen molar-refractivity contribution in [2.24, 2.45) is 5.92 Å². The van der Waals surface area contributed by atoms with E-state index in [1.807, 2.05) is 23.1 Å². The van der Waals surface area contributed by atoms with Crippen molar-refractivity contribution in [2.45, 2.75) is 39.2 Å². The smallest absolute Gasteiger partial charge is 0.262 e. The molecule has 1 saturated heterocycles. The number of nitrogens with zero attached hydrogens (tertiary/aromatic N) is 5. The van der Waals surface area contributed by atoms with Crippen LogP contribution in [0.1, 0.15) is 38.2 Å². The van der Waals surface area contributed by atoms with Gasteiger partial charge < -0.3 is 15.2 Å². The van der Waals surface area contributed by atoms with Crippen LogP contribution in [0.4, 0.5) is 11.5 Å². The number of hydrogen-bond acceptors (Lipinski definition) is 6. The molecule has 176 valence electrons. The summed E-state index contributed by atoms with van der Waals surface area (Å²) < 4.78 is 1.92. The summed E-state index contributed by atoms with van der Waals surface area (Å²) in [6, 6.07) is 10.3. The van der Waals surface area contributed by atoms with Crippen molar-refractivity contribution in [3.63, 3.8) is 0 Å². The highest BCUT2D eigenvalue weighted by molar-refractivity contribution is 5.92. The maximum Gasteiger partial charge on any atom is 0.262 e. The molecule has 0 saturated carbocycles. The molecule has 34 heavy (non-hydrogen) atoms. The first kappa shape index (κ1) is 22.3. The fraction of sp³-hybridized carbons (Fsp3) is 0.385. The third-order valence-corrected chi connectivity index (χ3v) is 6.47. The van der Waals surface area contributed by atoms with Gasteiger partial charge in [-0.1, -0.05) is 26.0 Å². The lowest BCUT2D eigenvalue weighted by Crippen LogP contribution is -2.29. The van der Waals surface area contributed by atoms with Gasteiger partial charge in [0.1, 0.15) is 11.2 Å². The van der Waals surface area contributed by atoms with Crippen LogP contribution in [-0.4, -0.2) is 49.8 Å². The minimum atomic E-state index is -0.218. The molecule has 5 rings (SSSR count). The summed E-state index contributed by atoms with van der Waals surface area (Å²) in [6.45, 7) is 7.42. The van der Waals surface area contributed by atoms with Gasteiger partial charge in [-0.05, 0) is 68.6 Å². The highest BCUT2D eigenvalue weighted by Crippen LogP contribution is 2.30. The summed E-state index contributed by atoms with van der Waals surface area (Å²) in [5, 5.41) is 8.28. The van der Waals surface area contributed by atoms with E-state index in [-0.39, 0.29) is 5.56 Å². The Kier molecular flexibility index (Phi) is 6.15. The Balaban J connectivity index is 1.46. The summed E-state index contributed by atoms with van der Waals surface area (Å²) >= 11 is 0. The Morgan fingerprint density at radius 2 is 1.94 bits per heavy atom. The molecule has 8 nitrogen and oxygen atoms in total. The van der Waals surface area contributed by atoms with Gasteiger partial charge >= 0.3 is 0 Å². The van der Waals surface area contributed by atoms with Crippen LogP contribution in [0.2, 0.25) is 0 Å². The van der Waals surface area contributed by atoms with Crippen LogP contribution in [0.5, 0.6) is 0 Å². The molecule has 0 atom stereocenters. The van der Waals surface area contributed by atoms with Gasteiger partial charge in [-0.2, -0.15) is 5.10 Å². The average molecular weight is 458 g/mol. The molecule has 4 aromatic rings. The first-order valence-corrected chi connectivity index (χ1v) is 11.9. The number of rotatable bonds is 6. The van der Waals surface area contributed by atoms with Crippen LogP contribution >= 0.6 is 0 Å². The van der Waals surface area contributed by atoms with Gasteiger partial charge in [0, 0.05) is 24.0 Å². The van der Waals surface area contributed by atoms with Gasteiger partial charge in [0.15, 0.2) is 0 Å². The number of pyridine rings is 1. The maximum absolute atomic E-state index is 12.7. The fourth-order valence-electron chi connectivity index (χ4n) is 4.62. The van der Waals surface area contributed by atoms with Gasteiger partial charge in [0.2, 0.25) is 0 Å². The lowest BCUT2D eigenvalue weighted by atomic mass is 9.89. The van der Waals surface area contributed by atoms with Crippen molar-refractivity contribution in [1.29, 1.82) is 0 Å². The van der Waals surface area contributed by atoms with E-state index in [9.17, 15) is 4.79 Å². The van der Waals surface area contributed by atoms with E-state index in [4.69, 9.17) is 4.98 Å². The second-order valence-corrected chi connectivity index (χ2v) is 9.65. The Morgan fingerprint density at radius 1 is 1.18 bits per heavy atom. The number of likely N-dealkylation sites (tertiary alicyclic amines) is 1. The van der Waals surface area contributed by atoms with Gasteiger partial charge in [0.25, 0.3) is 5.56 Å². The van der Waals surface area contributed by atoms with Crippen LogP contribution < -0.4 is 10.9 Å². The van der Waals surface area contributed by atoms with Crippen LogP contribution in [0.25, 0.3) is 22.2 Å². The van der Waals surface area contributed by atoms with Crippen molar-refractivity contribution >= 4 is 22.4 Å². The summed E-state index contributed by atoms with van der Waals surface area (Å²) in [5.41, 5.74) is 4.25. The molecule has 2 N–H and O–H groups in total. The second kappa shape index (κ2) is 9.38. The van der Waals surface area contributed by atoms with Gasteiger partial charge in [-0.25, -0.2) is 9.97 Å². The highest BCUT2D eigenvalue weighted by Gasteiger charge is 2.18. The van der Waals surface area contributed by atoms with Crippen LogP contribution in [0, 0.1) is 5.92 Å². The van der Waals surface area contributed by atoms with Crippen molar-refractivity contribution < 1.29 is 0 Å². The predicted octanol–water partition coefficient (Wildman–Crippen LogP) is 4.39. The normalized spacial score (nSPS) is 15.3. The van der Waals surface area contributed by atoms with E-state index >= 15 is 0 Å². The topological polar surface area (TPSA) is 91.7 Å². The molecular formula is C26H31N7O. The molecule has 3 aromatic heterocycles. The van der Waals surface area contributed by atoms with Crippen molar-refractivity contribution in [3.8, 4) is 11.3 Å². The lowest BCUT2D eigenvalue weighted by molar-refractivity contribution is 0.255. The molecule has 1 aromatic carbocycles. The molecule has 0 spiro atoms. The predicted molar refractivity (Wildman–Crippen MR) is 135 cm³/mol. The molecule has 0 bridgehead atoms. The Labute approximate surface area is 199 Å². The molecule has 8 heteroatoms. The van der Waals surface area contributed by atoms with Gasteiger partial charge in [-0.15, -0.1) is 0 Å². The van der Waals surface area contributed by atoms with E-state index < -0.39 is 0 Å². The highest BCUT2D eigenvalue weighted by atomic mass is 16.1. The van der Waals surface area contributed by atoms with Crippen LogP contribution in [-0.2, 0) is 6.54 Å². The zero-order valence-corrected chi connectivity index (χ0v) is 20.0. The summed E-state index contributed by atoms with van der Waals surface area (Å²) in [7, 11) is 2.18. The Hall–Kier alpha value is -3.52. The molecule has 0 aliphatic carbocycles. The minimum absolute atomic E-state index is 0.218. The summed E-state index contributed by atoms with van der Waals surface area (Å²) in [5.74, 6) is 1.58. The molecule has 1 aliphatic heterocycles. The number of nitrogens with one attached hydrogen (secondary N) is 2. The maximum atomic E-state index is 12.7. The number of aromatic nitrogens is 5. The standard InChI is InChI=1S/C26H31N7O/c1-17(2)14-33-15-20(13-29-33)22-12-23-24(26(34)28-16-27-23)25(31-22)30-21-6-4-18(5-7-21)19-8-10-32(3)11-9-19/h4-7,12-13,15-17,19H,8-11,14H2,1-3H3,(H,30,31)(H,27,28,34).